The summed E-state index contributed by atoms with van der Waals surface area (Å²) in [7, 11) is 0. The SMILES string of the molecule is CC(C)(C)C#C[N]=[Pd]=[N]C#N. The van der Waals surface area contributed by atoms with Crippen molar-refractivity contribution in [1.29, 1.82) is 5.26 Å². The molecule has 0 saturated heterocycles. The zero-order valence-electron chi connectivity index (χ0n) is 6.66. The Hall–Kier alpha value is -0.688. The standard InChI is InChI=1S/C6H9N.CN2.Pd/c1-6(2,3)4-5-7;2-1-3;/h1-3H3;;. The minimum absolute atomic E-state index is 0.0236. The maximum atomic E-state index is 8.01. The quantitative estimate of drug-likeness (QED) is 0.363. The second-order valence-electron chi connectivity index (χ2n) is 2.79. The van der Waals surface area contributed by atoms with Gasteiger partial charge in [0.25, 0.3) is 0 Å². The van der Waals surface area contributed by atoms with E-state index in [0.29, 0.717) is 0 Å². The van der Waals surface area contributed by atoms with Gasteiger partial charge < -0.3 is 0 Å². The van der Waals surface area contributed by atoms with Crippen LogP contribution >= 0.6 is 0 Å². The van der Waals surface area contributed by atoms with Crippen molar-refractivity contribution in [3.05, 3.63) is 0 Å². The summed E-state index contributed by atoms with van der Waals surface area (Å²) in [6, 6.07) is 2.61. The predicted molar refractivity (Wildman–Crippen MR) is 37.7 cm³/mol. The van der Waals surface area contributed by atoms with E-state index in [2.05, 4.69) is 19.1 Å². The van der Waals surface area contributed by atoms with Crippen LogP contribution < -0.4 is 0 Å². The van der Waals surface area contributed by atoms with Crippen LogP contribution in [-0.4, -0.2) is 0 Å². The van der Waals surface area contributed by atoms with Crippen LogP contribution in [0.5, 0.6) is 0 Å². The van der Waals surface area contributed by atoms with Crippen molar-refractivity contribution in [2.75, 3.05) is 0 Å². The summed E-state index contributed by atoms with van der Waals surface area (Å²) >= 11 is -0.242. The summed E-state index contributed by atoms with van der Waals surface area (Å²) in [5, 5.41) is 8.01. The summed E-state index contributed by atoms with van der Waals surface area (Å²) < 4.78 is 7.12. The molecule has 0 aromatic carbocycles. The van der Waals surface area contributed by atoms with Gasteiger partial charge in [-0.15, -0.1) is 0 Å². The Balaban J connectivity index is 4.16. The van der Waals surface area contributed by atoms with Crippen molar-refractivity contribution in [1.82, 2.24) is 0 Å². The van der Waals surface area contributed by atoms with Crippen molar-refractivity contribution >= 4 is 0 Å². The summed E-state index contributed by atoms with van der Waals surface area (Å²) in [5.74, 6) is 2.91. The van der Waals surface area contributed by atoms with Gasteiger partial charge in [-0.05, 0) is 0 Å². The fourth-order valence-corrected chi connectivity index (χ4v) is 0.543. The van der Waals surface area contributed by atoms with Crippen LogP contribution in [0.1, 0.15) is 20.8 Å². The molecule has 0 aliphatic rings. The number of hydrogen-bond donors (Lipinski definition) is 0. The van der Waals surface area contributed by atoms with Gasteiger partial charge in [0, 0.05) is 0 Å². The molecule has 0 heterocycles. The van der Waals surface area contributed by atoms with Crippen LogP contribution in [0.4, 0.5) is 0 Å². The molecule has 0 rings (SSSR count). The Morgan fingerprint density at radius 1 is 1.27 bits per heavy atom. The summed E-state index contributed by atoms with van der Waals surface area (Å²) in [4.78, 5) is 0. The molecule has 0 bridgehead atoms. The molecule has 0 radical (unpaired) electrons. The first-order valence-electron chi connectivity index (χ1n) is 2.95. The van der Waals surface area contributed by atoms with Gasteiger partial charge in [0.1, 0.15) is 0 Å². The fourth-order valence-electron chi connectivity index (χ4n) is 0.231. The first kappa shape index (κ1) is 10.3. The van der Waals surface area contributed by atoms with E-state index in [1.165, 1.54) is 0 Å². The molecule has 0 fully saturated rings. The molecular formula is C7H9N3Pd. The summed E-state index contributed by atoms with van der Waals surface area (Å²) in [6.45, 7) is 6.01. The van der Waals surface area contributed by atoms with E-state index in [9.17, 15) is 0 Å². The average Bonchev–Trinajstić information content (AvgIpc) is 1.85. The van der Waals surface area contributed by atoms with Gasteiger partial charge >= 0.3 is 74.4 Å². The molecule has 3 nitrogen and oxygen atoms in total. The average molecular weight is 242 g/mol. The molecule has 4 heteroatoms. The Kier molecular flexibility index (Phi) is 4.71. The molecule has 0 spiro atoms. The van der Waals surface area contributed by atoms with E-state index in [4.69, 9.17) is 5.26 Å². The summed E-state index contributed by atoms with van der Waals surface area (Å²) in [6.07, 6.45) is 1.65. The van der Waals surface area contributed by atoms with E-state index < -0.39 is 0 Å². The Bertz CT molecular complexity index is 276. The molecule has 11 heavy (non-hydrogen) atoms. The van der Waals surface area contributed by atoms with E-state index in [0.717, 1.165) is 0 Å². The van der Waals surface area contributed by atoms with Gasteiger partial charge in [0.15, 0.2) is 0 Å². The van der Waals surface area contributed by atoms with Gasteiger partial charge in [0.05, 0.1) is 0 Å². The number of rotatable bonds is 0. The van der Waals surface area contributed by atoms with Crippen molar-refractivity contribution in [2.24, 2.45) is 12.6 Å². The van der Waals surface area contributed by atoms with Crippen molar-refractivity contribution < 1.29 is 17.6 Å². The van der Waals surface area contributed by atoms with Crippen LogP contribution in [-0.2, 0) is 17.6 Å². The van der Waals surface area contributed by atoms with Gasteiger partial charge in [-0.1, -0.05) is 0 Å². The second-order valence-corrected chi connectivity index (χ2v) is 3.80. The molecule has 0 aromatic heterocycles. The first-order chi connectivity index (χ1) is 5.06. The predicted octanol–water partition coefficient (Wildman–Crippen LogP) is 1.92. The molecular weight excluding hydrogens is 233 g/mol. The van der Waals surface area contributed by atoms with Gasteiger partial charge in [0.2, 0.25) is 0 Å². The normalized spacial score (nSPS) is 9.27. The van der Waals surface area contributed by atoms with Crippen molar-refractivity contribution in [3.8, 4) is 18.2 Å². The second kappa shape index (κ2) is 5.03. The maximum absolute atomic E-state index is 8.01. The fraction of sp³-hybridized carbons (Fsp3) is 0.571. The zero-order chi connectivity index (χ0) is 8.74. The van der Waals surface area contributed by atoms with Gasteiger partial charge in [-0.3, -0.25) is 0 Å². The monoisotopic (exact) mass is 241 g/mol. The van der Waals surface area contributed by atoms with E-state index >= 15 is 0 Å². The molecule has 0 aromatic rings. The molecule has 0 aliphatic carbocycles. The third-order valence-corrected chi connectivity index (χ3v) is 1.20. The van der Waals surface area contributed by atoms with Crippen LogP contribution in [0, 0.1) is 28.8 Å². The minimum atomic E-state index is -0.242. The molecule has 0 N–H and O–H groups in total. The summed E-state index contributed by atoms with van der Waals surface area (Å²) in [5.41, 5.74) is -0.0236. The molecule has 62 valence electrons. The Morgan fingerprint density at radius 3 is 2.36 bits per heavy atom. The van der Waals surface area contributed by atoms with Crippen LogP contribution in [0.3, 0.4) is 0 Å². The Labute approximate surface area is 74.7 Å². The van der Waals surface area contributed by atoms with E-state index in [1.807, 2.05) is 20.8 Å². The zero-order valence-corrected chi connectivity index (χ0v) is 8.21. The first-order valence-corrected chi connectivity index (χ1v) is 4.34. The molecule has 0 aliphatic heterocycles. The number of hydrogen-bond acceptors (Lipinski definition) is 3. The molecule has 0 saturated carbocycles. The van der Waals surface area contributed by atoms with E-state index in [1.54, 1.807) is 6.19 Å². The third-order valence-electron chi connectivity index (χ3n) is 0.561. The van der Waals surface area contributed by atoms with Crippen LogP contribution in [0.25, 0.3) is 0 Å². The van der Waals surface area contributed by atoms with Crippen LogP contribution in [0.2, 0.25) is 0 Å². The third kappa shape index (κ3) is 9.31. The number of nitrogens with zero attached hydrogens (tertiary/aromatic N) is 3. The van der Waals surface area contributed by atoms with Gasteiger partial charge in [-0.25, -0.2) is 0 Å². The molecule has 0 amide bonds. The van der Waals surface area contributed by atoms with Crippen molar-refractivity contribution in [3.63, 3.8) is 0 Å². The number of nitriles is 1. The topological polar surface area (TPSA) is 48.5 Å². The Morgan fingerprint density at radius 2 is 1.91 bits per heavy atom. The molecule has 0 atom stereocenters. The van der Waals surface area contributed by atoms with Gasteiger partial charge in [-0.2, -0.15) is 0 Å². The van der Waals surface area contributed by atoms with Crippen molar-refractivity contribution in [2.45, 2.75) is 20.8 Å². The van der Waals surface area contributed by atoms with E-state index in [-0.39, 0.29) is 23.0 Å². The van der Waals surface area contributed by atoms with Crippen LogP contribution in [0.15, 0.2) is 7.14 Å². The molecule has 0 unspecified atom stereocenters.